The Hall–Kier alpha value is -5.11. The molecule has 4 unspecified atom stereocenters. The normalized spacial score (nSPS) is 29.6. The first-order valence-electron chi connectivity index (χ1n) is 22.5. The number of aromatic nitrogens is 10. The van der Waals surface area contributed by atoms with Crippen LogP contribution in [0.1, 0.15) is 25.1 Å². The largest absolute Gasteiger partial charge is 0.756 e. The number of carbonyl (C=O) groups excluding carboxylic acids is 1. The van der Waals surface area contributed by atoms with Crippen molar-refractivity contribution >= 4 is 71.3 Å². The number of nitrogens with zero attached hydrogens (tertiary/aromatic N) is 9. The van der Waals surface area contributed by atoms with E-state index in [1.807, 2.05) is 4.98 Å². The van der Waals surface area contributed by atoms with Gasteiger partial charge in [0.05, 0.1) is 39.3 Å². The highest BCUT2D eigenvalue weighted by Gasteiger charge is 2.53. The number of amides is 1. The lowest BCUT2D eigenvalue weighted by Crippen LogP contribution is -2.39. The molecular formula is C36H51N13O25P4. The summed E-state index contributed by atoms with van der Waals surface area (Å²) in [5.74, 6) is -2.20. The Morgan fingerprint density at radius 2 is 1.41 bits per heavy atom. The highest BCUT2D eigenvalue weighted by Crippen LogP contribution is 2.68. The number of imidazole rings is 2. The van der Waals surface area contributed by atoms with Crippen LogP contribution in [-0.4, -0.2) is 176 Å². The predicted molar refractivity (Wildman–Crippen MR) is 251 cm³/mol. The standard InChI is InChI=1S/C36H51N13O25P4/c1-45(2)20(51)8-15-16(69-32(23(15)52)49-14-46(3)22-30(49)43-35(38)44-31(22)54)9-67-76(58,59)73-78(62,63)74-77(60,61)68-11-18-25(27(65-5)34(71-18)48-13-41-21-28(37)39-12-40-29(21)48)72-75(56,57)66-10-17-24(53)26(64-4)33(70-17)47-7-6-19(50)42-36(47)55/h6-7,12-18,23-27,32-34,52-53H,8-11H2,1-5H3,(H9-,37,38,39,40,42,43,44,50,54,55,56,57,58,59,60,61,62,63)/t15-,16-,17-,18-,23-,24-,25-,26-,27-,32-,33-,34-/m1/s1. The maximum Gasteiger partial charge on any atom is 0.490 e. The monoisotopic (exact) mass is 1190 g/mol. The summed E-state index contributed by atoms with van der Waals surface area (Å²) in [6.07, 6.45) is -13.3. The smallest absolute Gasteiger partial charge is 0.490 e. The molecule has 3 saturated heterocycles. The number of aliphatic hydroxyl groups excluding tert-OH is 2. The van der Waals surface area contributed by atoms with Gasteiger partial charge in [-0.3, -0.25) is 47.1 Å². The summed E-state index contributed by atoms with van der Waals surface area (Å²) >= 11 is 0. The van der Waals surface area contributed by atoms with E-state index < -0.39 is 154 Å². The number of H-pyrrole nitrogens is 2. The second kappa shape index (κ2) is 22.8. The summed E-state index contributed by atoms with van der Waals surface area (Å²) in [4.78, 5) is 117. The molecule has 0 bridgehead atoms. The molecule has 0 radical (unpaired) electrons. The number of aromatic amines is 2. The molecule has 0 spiro atoms. The minimum atomic E-state index is -6.24. The van der Waals surface area contributed by atoms with Gasteiger partial charge in [0.1, 0.15) is 54.6 Å². The quantitative estimate of drug-likeness (QED) is 0.0235. The van der Waals surface area contributed by atoms with E-state index >= 15 is 0 Å². The first-order chi connectivity index (χ1) is 36.5. The van der Waals surface area contributed by atoms with Crippen LogP contribution in [0.25, 0.3) is 22.3 Å². The van der Waals surface area contributed by atoms with Crippen molar-refractivity contribution in [1.29, 1.82) is 0 Å². The van der Waals surface area contributed by atoms with Crippen molar-refractivity contribution in [2.24, 2.45) is 13.0 Å². The fourth-order valence-corrected chi connectivity index (χ4v) is 13.2. The van der Waals surface area contributed by atoms with Crippen LogP contribution in [0.5, 0.6) is 0 Å². The highest BCUT2D eigenvalue weighted by molar-refractivity contribution is 7.66. The molecule has 11 N–H and O–H groups in total. The molecule has 5 aromatic heterocycles. The lowest BCUT2D eigenvalue weighted by atomic mass is 9.94. The number of hydrogen-bond acceptors (Lipinski definition) is 28. The van der Waals surface area contributed by atoms with E-state index in [1.165, 1.54) is 46.1 Å². The van der Waals surface area contributed by atoms with Gasteiger partial charge in [0.2, 0.25) is 24.4 Å². The summed E-state index contributed by atoms with van der Waals surface area (Å²) in [6, 6.07) is 0.980. The Morgan fingerprint density at radius 3 is 2.05 bits per heavy atom. The maximum absolute atomic E-state index is 13.6. The van der Waals surface area contributed by atoms with Crippen LogP contribution in [0.2, 0.25) is 0 Å². The zero-order valence-electron chi connectivity index (χ0n) is 41.0. The van der Waals surface area contributed by atoms with Crippen molar-refractivity contribution in [3.05, 3.63) is 62.4 Å². The summed E-state index contributed by atoms with van der Waals surface area (Å²) in [6.45, 7) is -3.35. The molecule has 16 atom stereocenters. The zero-order valence-corrected chi connectivity index (χ0v) is 44.6. The van der Waals surface area contributed by atoms with Gasteiger partial charge in [0, 0.05) is 52.9 Å². The van der Waals surface area contributed by atoms with E-state index in [2.05, 4.69) is 33.5 Å². The lowest BCUT2D eigenvalue weighted by molar-refractivity contribution is -0.646. The molecule has 0 aromatic carbocycles. The van der Waals surface area contributed by atoms with Crippen LogP contribution in [0, 0.1) is 5.92 Å². The third kappa shape index (κ3) is 12.6. The van der Waals surface area contributed by atoms with E-state index in [0.717, 1.165) is 43.7 Å². The zero-order chi connectivity index (χ0) is 57.0. The second-order valence-corrected chi connectivity index (χ2v) is 23.6. The maximum atomic E-state index is 13.6. The predicted octanol–water partition coefficient (Wildman–Crippen LogP) is -4.12. The van der Waals surface area contributed by atoms with Crippen LogP contribution >= 0.6 is 31.3 Å². The first-order valence-corrected chi connectivity index (χ1v) is 28.4. The molecule has 78 heavy (non-hydrogen) atoms. The van der Waals surface area contributed by atoms with Crippen LogP contribution < -0.4 is 37.7 Å². The van der Waals surface area contributed by atoms with Gasteiger partial charge < -0.3 is 78.9 Å². The number of nitrogens with two attached hydrogens (primary N) is 2. The Bertz CT molecular complexity index is 3430. The Kier molecular flexibility index (Phi) is 17.2. The van der Waals surface area contributed by atoms with Gasteiger partial charge in [-0.25, -0.2) is 38.0 Å². The average molecular weight is 1190 g/mol. The van der Waals surface area contributed by atoms with Gasteiger partial charge in [-0.05, 0) is 0 Å². The molecule has 0 aliphatic carbocycles. The minimum Gasteiger partial charge on any atom is -0.756 e. The van der Waals surface area contributed by atoms with Gasteiger partial charge in [-0.15, -0.1) is 0 Å². The van der Waals surface area contributed by atoms with E-state index in [1.54, 1.807) is 0 Å². The van der Waals surface area contributed by atoms with Gasteiger partial charge in [0.15, 0.2) is 23.9 Å². The molecule has 3 aliphatic rings. The van der Waals surface area contributed by atoms with Gasteiger partial charge in [-0.2, -0.15) is 18.2 Å². The Balaban J connectivity index is 0.955. The number of ether oxygens (including phenoxy) is 5. The molecule has 42 heteroatoms. The number of carbonyl (C=O) groups is 1. The fraction of sp³-hybridized carbons (Fsp3) is 0.583. The average Bonchev–Trinajstić information content (AvgIpc) is 4.28. The fourth-order valence-electron chi connectivity index (χ4n) is 8.74. The van der Waals surface area contributed by atoms with E-state index in [-0.39, 0.29) is 34.1 Å². The van der Waals surface area contributed by atoms with Crippen molar-refractivity contribution in [3.8, 4) is 0 Å². The highest BCUT2D eigenvalue weighted by atomic mass is 31.3. The molecule has 0 saturated carbocycles. The third-order valence-electron chi connectivity index (χ3n) is 12.3. The van der Waals surface area contributed by atoms with Crippen molar-refractivity contribution in [2.75, 3.05) is 59.6 Å². The molecule has 3 fully saturated rings. The van der Waals surface area contributed by atoms with Crippen molar-refractivity contribution in [1.82, 2.24) is 48.5 Å². The summed E-state index contributed by atoms with van der Waals surface area (Å²) in [7, 11) is -17.3. The van der Waals surface area contributed by atoms with Gasteiger partial charge in [0.25, 0.3) is 24.5 Å². The molecule has 5 aromatic rings. The van der Waals surface area contributed by atoms with Crippen molar-refractivity contribution in [2.45, 2.75) is 73.9 Å². The van der Waals surface area contributed by atoms with Gasteiger partial charge in [-0.1, -0.05) is 0 Å². The number of phosphoric acid groups is 4. The topological polar surface area (TPSA) is 519 Å². The first kappa shape index (κ1) is 59.0. The Labute approximate surface area is 435 Å². The molecule has 3 aliphatic heterocycles. The second-order valence-electron chi connectivity index (χ2n) is 17.6. The Morgan fingerprint density at radius 1 is 0.795 bits per heavy atom. The molecule has 8 rings (SSSR count). The number of nitrogen functional groups attached to an aromatic ring is 2. The molecule has 8 heterocycles. The number of rotatable bonds is 22. The lowest BCUT2D eigenvalue weighted by Gasteiger charge is -2.31. The number of phosphoric ester groups is 3. The number of fused-ring (bicyclic) bond motifs is 2. The van der Waals surface area contributed by atoms with Gasteiger partial charge >= 0.3 is 34.7 Å². The number of nitrogens with one attached hydrogen (secondary N) is 2. The van der Waals surface area contributed by atoms with Crippen molar-refractivity contribution in [3.63, 3.8) is 0 Å². The SMILES string of the molecule is CO[C@@H]1[C@H](O)[C@@H](COP(=O)([O-])O[C@H]2[C@@H](OC)[C@H](n3cnc4c(N)ncnc43)O[C@@H]2COP(=O)(O)OP(=O)(O)OP(=O)(O)OC[C@H]2O[C@@H](n3c[n+](C)c4c(=O)[nH]c(N)nc43)[C@H](O)[C@@H]2CC(=O)N(C)C)O[C@H]1n1ccc(=O)[nH]c1=O. The van der Waals surface area contributed by atoms with E-state index in [0.29, 0.717) is 0 Å². The minimum absolute atomic E-state index is 0.00435. The summed E-state index contributed by atoms with van der Waals surface area (Å²) in [5.41, 5.74) is 9.27. The number of aryl methyl sites for hydroxylation is 1. The number of hydrogen-bond donors (Lipinski definition) is 9. The summed E-state index contributed by atoms with van der Waals surface area (Å²) in [5, 5.41) is 22.4. The molecular weight excluding hydrogens is 1140 g/mol. The molecule has 430 valence electrons. The van der Waals surface area contributed by atoms with Crippen LogP contribution in [-0.2, 0) is 80.5 Å². The third-order valence-corrected chi connectivity index (χ3v) is 17.5. The molecule has 38 nitrogen and oxygen atoms in total. The van der Waals surface area contributed by atoms with E-state index in [4.69, 9.17) is 53.2 Å². The summed E-state index contributed by atoms with van der Waals surface area (Å²) < 4.78 is 115. The van der Waals surface area contributed by atoms with Crippen molar-refractivity contribution < 1.29 is 108 Å². The van der Waals surface area contributed by atoms with Crippen LogP contribution in [0.4, 0.5) is 11.8 Å². The number of anilines is 2. The van der Waals surface area contributed by atoms with Crippen LogP contribution in [0.15, 0.2) is 45.6 Å². The number of aliphatic hydroxyl groups is 2. The molecule has 1 amide bonds. The van der Waals surface area contributed by atoms with Crippen LogP contribution in [0.3, 0.4) is 0 Å². The van der Waals surface area contributed by atoms with E-state index in [9.17, 15) is 67.2 Å². The number of methoxy groups -OCH3 is 2.